The molecule has 0 spiro atoms. The van der Waals surface area contributed by atoms with Gasteiger partial charge in [0.05, 0.1) is 6.61 Å². The zero-order chi connectivity index (χ0) is 18.3. The molecule has 1 fully saturated rings. The van der Waals surface area contributed by atoms with Crippen LogP contribution in [-0.4, -0.2) is 6.61 Å². The van der Waals surface area contributed by atoms with E-state index in [-0.39, 0.29) is 17.6 Å². The molecule has 0 heterocycles. The second kappa shape index (κ2) is 7.02. The lowest BCUT2D eigenvalue weighted by Gasteiger charge is -2.32. The lowest BCUT2D eigenvalue weighted by atomic mass is 9.73. The highest BCUT2D eigenvalue weighted by Gasteiger charge is 2.33. The fraction of sp³-hybridized carbons (Fsp3) is 0.478. The van der Waals surface area contributed by atoms with Gasteiger partial charge in [-0.1, -0.05) is 31.9 Å². The van der Waals surface area contributed by atoms with Crippen molar-refractivity contribution in [3.63, 3.8) is 0 Å². The van der Waals surface area contributed by atoms with E-state index in [1.54, 1.807) is 0 Å². The third kappa shape index (κ3) is 2.82. The lowest BCUT2D eigenvalue weighted by Crippen LogP contribution is -2.16. The van der Waals surface area contributed by atoms with Crippen molar-refractivity contribution in [3.8, 4) is 28.0 Å². The van der Waals surface area contributed by atoms with Crippen LogP contribution in [0.2, 0.25) is 0 Å². The lowest BCUT2D eigenvalue weighted by molar-refractivity contribution is 0.304. The van der Waals surface area contributed by atoms with Gasteiger partial charge in [-0.3, -0.25) is 0 Å². The minimum absolute atomic E-state index is 0.211. The second-order valence-corrected chi connectivity index (χ2v) is 7.66. The number of hydrogen-bond donors (Lipinski definition) is 0. The zero-order valence-electron chi connectivity index (χ0n) is 15.6. The second-order valence-electron chi connectivity index (χ2n) is 7.66. The van der Waals surface area contributed by atoms with Gasteiger partial charge in [-0.2, -0.15) is 0 Å². The minimum atomic E-state index is -0.388. The van der Waals surface area contributed by atoms with Gasteiger partial charge in [0, 0.05) is 17.2 Å². The van der Waals surface area contributed by atoms with Gasteiger partial charge < -0.3 is 4.74 Å². The SMILES string of the molecule is CCCC1CCC(c2ccc3c(c2F)-c2c(F)cc(OCC)cc2-3)CC1. The Labute approximate surface area is 154 Å². The molecule has 2 aliphatic rings. The summed E-state index contributed by atoms with van der Waals surface area (Å²) >= 11 is 0. The molecule has 138 valence electrons. The Kier molecular flexibility index (Phi) is 4.73. The molecular formula is C23H26F2O. The largest absolute Gasteiger partial charge is 0.494 e. The zero-order valence-corrected chi connectivity index (χ0v) is 15.6. The fourth-order valence-electron chi connectivity index (χ4n) is 4.78. The molecule has 26 heavy (non-hydrogen) atoms. The maximum atomic E-state index is 15.3. The minimum Gasteiger partial charge on any atom is -0.494 e. The third-order valence-electron chi connectivity index (χ3n) is 6.07. The summed E-state index contributed by atoms with van der Waals surface area (Å²) in [5.74, 6) is 0.968. The quantitative estimate of drug-likeness (QED) is 0.474. The van der Waals surface area contributed by atoms with E-state index in [4.69, 9.17) is 4.74 Å². The van der Waals surface area contributed by atoms with Crippen LogP contribution >= 0.6 is 0 Å². The molecule has 0 bridgehead atoms. The number of rotatable bonds is 5. The Morgan fingerprint density at radius 3 is 2.42 bits per heavy atom. The summed E-state index contributed by atoms with van der Waals surface area (Å²) in [7, 11) is 0. The summed E-state index contributed by atoms with van der Waals surface area (Å²) in [6.07, 6.45) is 6.94. The Bertz CT molecular complexity index is 819. The van der Waals surface area contributed by atoms with Crippen LogP contribution in [0.25, 0.3) is 22.3 Å². The van der Waals surface area contributed by atoms with Gasteiger partial charge in [-0.25, -0.2) is 8.78 Å². The van der Waals surface area contributed by atoms with E-state index in [1.165, 1.54) is 31.7 Å². The first-order valence-electron chi connectivity index (χ1n) is 9.93. The molecular weight excluding hydrogens is 330 g/mol. The highest BCUT2D eigenvalue weighted by molar-refractivity contribution is 6.03. The summed E-state index contributed by atoms with van der Waals surface area (Å²) in [5.41, 5.74) is 3.23. The molecule has 0 aliphatic heterocycles. The van der Waals surface area contributed by atoms with Gasteiger partial charge in [-0.05, 0) is 67.2 Å². The van der Waals surface area contributed by atoms with Crippen molar-refractivity contribution in [3.05, 3.63) is 41.5 Å². The van der Waals surface area contributed by atoms with Gasteiger partial charge in [0.1, 0.15) is 17.4 Å². The maximum absolute atomic E-state index is 15.3. The highest BCUT2D eigenvalue weighted by Crippen LogP contribution is 2.53. The molecule has 0 atom stereocenters. The maximum Gasteiger partial charge on any atom is 0.135 e. The Hall–Kier alpha value is -1.90. The van der Waals surface area contributed by atoms with Crippen molar-refractivity contribution < 1.29 is 13.5 Å². The normalized spacial score (nSPS) is 20.9. The number of benzene rings is 2. The first-order valence-corrected chi connectivity index (χ1v) is 9.93. The molecule has 4 rings (SSSR count). The van der Waals surface area contributed by atoms with Crippen LogP contribution in [0, 0.1) is 17.6 Å². The average Bonchev–Trinajstić information content (AvgIpc) is 2.61. The summed E-state index contributed by atoms with van der Waals surface area (Å²) in [6.45, 7) is 4.58. The molecule has 0 amide bonds. The van der Waals surface area contributed by atoms with Crippen molar-refractivity contribution >= 4 is 0 Å². The van der Waals surface area contributed by atoms with E-state index >= 15 is 4.39 Å². The number of fused-ring (bicyclic) bond motifs is 4. The van der Waals surface area contributed by atoms with E-state index in [0.29, 0.717) is 23.5 Å². The van der Waals surface area contributed by atoms with Crippen molar-refractivity contribution in [2.75, 3.05) is 6.61 Å². The monoisotopic (exact) mass is 356 g/mol. The van der Waals surface area contributed by atoms with Crippen LogP contribution < -0.4 is 4.74 Å². The number of ether oxygens (including phenoxy) is 1. The Balaban J connectivity index is 1.62. The molecule has 0 aromatic heterocycles. The Morgan fingerprint density at radius 2 is 1.73 bits per heavy atom. The van der Waals surface area contributed by atoms with E-state index in [1.807, 2.05) is 25.1 Å². The smallest absolute Gasteiger partial charge is 0.135 e. The average molecular weight is 356 g/mol. The van der Waals surface area contributed by atoms with Crippen LogP contribution in [0.15, 0.2) is 24.3 Å². The highest BCUT2D eigenvalue weighted by atomic mass is 19.1. The van der Waals surface area contributed by atoms with Gasteiger partial charge in [-0.15, -0.1) is 0 Å². The molecule has 1 nitrogen and oxygen atoms in total. The van der Waals surface area contributed by atoms with Crippen LogP contribution in [0.5, 0.6) is 5.75 Å². The first kappa shape index (κ1) is 17.5. The van der Waals surface area contributed by atoms with Crippen molar-refractivity contribution in [2.45, 2.75) is 58.3 Å². The molecule has 3 heteroatoms. The predicted octanol–water partition coefficient (Wildman–Crippen LogP) is 7.08. The van der Waals surface area contributed by atoms with E-state index < -0.39 is 0 Å². The van der Waals surface area contributed by atoms with E-state index in [2.05, 4.69) is 6.92 Å². The van der Waals surface area contributed by atoms with Gasteiger partial charge in [0.2, 0.25) is 0 Å². The standard InChI is InChI=1S/C23H26F2O/c1-3-5-14-6-8-15(9-7-14)17-10-11-18-19-12-16(26-4-2)13-20(24)21(19)22(18)23(17)25/h10-15H,3-9H2,1-2H3. The van der Waals surface area contributed by atoms with Crippen molar-refractivity contribution in [1.82, 2.24) is 0 Å². The van der Waals surface area contributed by atoms with Gasteiger partial charge in [0.25, 0.3) is 0 Å². The van der Waals surface area contributed by atoms with Crippen molar-refractivity contribution in [1.29, 1.82) is 0 Å². The third-order valence-corrected chi connectivity index (χ3v) is 6.07. The molecule has 2 aromatic carbocycles. The molecule has 0 radical (unpaired) electrons. The first-order chi connectivity index (χ1) is 12.6. The number of hydrogen-bond acceptors (Lipinski definition) is 1. The molecule has 0 N–H and O–H groups in total. The van der Waals surface area contributed by atoms with Gasteiger partial charge in [0.15, 0.2) is 0 Å². The van der Waals surface area contributed by atoms with E-state index in [9.17, 15) is 4.39 Å². The van der Waals surface area contributed by atoms with Gasteiger partial charge >= 0.3 is 0 Å². The number of halogens is 2. The molecule has 2 aromatic rings. The molecule has 2 aliphatic carbocycles. The topological polar surface area (TPSA) is 9.23 Å². The van der Waals surface area contributed by atoms with Crippen LogP contribution in [0.1, 0.15) is 63.9 Å². The van der Waals surface area contributed by atoms with Crippen LogP contribution in [0.4, 0.5) is 8.78 Å². The summed E-state index contributed by atoms with van der Waals surface area (Å²) < 4.78 is 35.2. The molecule has 0 saturated heterocycles. The van der Waals surface area contributed by atoms with Crippen molar-refractivity contribution in [2.24, 2.45) is 5.92 Å². The van der Waals surface area contributed by atoms with Crippen LogP contribution in [0.3, 0.4) is 0 Å². The Morgan fingerprint density at radius 1 is 0.962 bits per heavy atom. The molecule has 0 unspecified atom stereocenters. The predicted molar refractivity (Wildman–Crippen MR) is 102 cm³/mol. The summed E-state index contributed by atoms with van der Waals surface area (Å²) in [4.78, 5) is 0. The van der Waals surface area contributed by atoms with Crippen LogP contribution in [-0.2, 0) is 0 Å². The summed E-state index contributed by atoms with van der Waals surface area (Å²) in [5, 5.41) is 0. The summed E-state index contributed by atoms with van der Waals surface area (Å²) in [6, 6.07) is 7.07. The van der Waals surface area contributed by atoms with E-state index in [0.717, 1.165) is 35.4 Å². The fourth-order valence-corrected chi connectivity index (χ4v) is 4.78. The molecule has 1 saturated carbocycles.